The minimum atomic E-state index is -0.722. The summed E-state index contributed by atoms with van der Waals surface area (Å²) in [6.45, 7) is 0.152. The van der Waals surface area contributed by atoms with Crippen molar-refractivity contribution < 1.29 is 14.8 Å². The van der Waals surface area contributed by atoms with Gasteiger partial charge in [-0.05, 0) is 36.5 Å². The van der Waals surface area contributed by atoms with Gasteiger partial charge in [0.05, 0.1) is 30.4 Å². The van der Waals surface area contributed by atoms with Crippen LogP contribution in [-0.2, 0) is 0 Å². The van der Waals surface area contributed by atoms with Crippen molar-refractivity contribution in [3.8, 4) is 11.4 Å². The summed E-state index contributed by atoms with van der Waals surface area (Å²) in [6.07, 6.45) is 0.536. The first-order chi connectivity index (χ1) is 14.7. The van der Waals surface area contributed by atoms with Gasteiger partial charge in [-0.15, -0.1) is 0 Å². The lowest BCUT2D eigenvalue weighted by molar-refractivity contribution is -0.406. The number of nitro groups is 1. The lowest BCUT2D eigenvalue weighted by atomic mass is 10.2. The molecule has 13 heteroatoms. The summed E-state index contributed by atoms with van der Waals surface area (Å²) in [4.78, 5) is 9.93. The fourth-order valence-corrected chi connectivity index (χ4v) is 3.00. The van der Waals surface area contributed by atoms with Crippen LogP contribution in [0, 0.1) is 14.9 Å². The van der Waals surface area contributed by atoms with Crippen molar-refractivity contribution in [2.24, 2.45) is 0 Å². The minimum absolute atomic E-state index is 0.152. The molecule has 0 aliphatic rings. The smallest absolute Gasteiger partial charge is 0.366 e. The molecule has 31 heavy (non-hydrogen) atoms. The van der Waals surface area contributed by atoms with Crippen LogP contribution in [0.25, 0.3) is 5.69 Å². The number of quaternary nitrogens is 1. The first-order valence-electron chi connectivity index (χ1n) is 8.94. The van der Waals surface area contributed by atoms with Gasteiger partial charge in [-0.1, -0.05) is 16.4 Å². The molecule has 0 fully saturated rings. The zero-order chi connectivity index (χ0) is 22.6. The summed E-state index contributed by atoms with van der Waals surface area (Å²) in [6, 6.07) is 12.3. The molecule has 2 aromatic carbocycles. The maximum Gasteiger partial charge on any atom is 0.366 e. The SMILES string of the molecule is C[N+](C)(/C(O)=C/[N+](=O)[O-])c1ccc(OCNc2cccc(-n3[nH]nnc3=S)c2)cc1N. The number of tetrazole rings is 1. The molecule has 0 atom stereocenters. The molecule has 1 heterocycles. The molecule has 162 valence electrons. The van der Waals surface area contributed by atoms with Gasteiger partial charge in [-0.25, -0.2) is 9.16 Å². The van der Waals surface area contributed by atoms with E-state index in [0.29, 0.717) is 28.1 Å². The van der Waals surface area contributed by atoms with Crippen molar-refractivity contribution in [1.29, 1.82) is 0 Å². The quantitative estimate of drug-likeness (QED) is 0.0778. The Labute approximate surface area is 181 Å². The van der Waals surface area contributed by atoms with Crippen molar-refractivity contribution in [3.63, 3.8) is 0 Å². The van der Waals surface area contributed by atoms with Crippen LogP contribution in [0.4, 0.5) is 17.1 Å². The van der Waals surface area contributed by atoms with E-state index < -0.39 is 10.8 Å². The Kier molecular flexibility index (Phi) is 6.17. The molecule has 3 aromatic rings. The molecule has 0 aliphatic heterocycles. The van der Waals surface area contributed by atoms with Gasteiger partial charge in [0.15, 0.2) is 12.4 Å². The maximum absolute atomic E-state index is 10.7. The van der Waals surface area contributed by atoms with Crippen molar-refractivity contribution >= 4 is 29.3 Å². The largest absolute Gasteiger partial charge is 0.473 e. The van der Waals surface area contributed by atoms with Crippen LogP contribution in [0.15, 0.2) is 54.5 Å². The van der Waals surface area contributed by atoms with E-state index >= 15 is 0 Å². The highest BCUT2D eigenvalue weighted by atomic mass is 32.1. The highest BCUT2D eigenvalue weighted by molar-refractivity contribution is 7.71. The van der Waals surface area contributed by atoms with E-state index in [1.54, 1.807) is 37.0 Å². The lowest BCUT2D eigenvalue weighted by Gasteiger charge is -2.26. The molecular formula is C18H21N8O4S+. The van der Waals surface area contributed by atoms with Crippen molar-refractivity contribution in [2.75, 3.05) is 31.9 Å². The molecule has 1 aromatic heterocycles. The molecule has 0 saturated heterocycles. The summed E-state index contributed by atoms with van der Waals surface area (Å²) in [5, 5.41) is 33.9. The molecule has 0 bridgehead atoms. The van der Waals surface area contributed by atoms with E-state index in [1.165, 1.54) is 0 Å². The number of hydrogen-bond acceptors (Lipinski definition) is 9. The molecule has 0 spiro atoms. The molecule has 0 aliphatic carbocycles. The van der Waals surface area contributed by atoms with Gasteiger partial charge in [-0.3, -0.25) is 10.1 Å². The topological polar surface area (TPSA) is 157 Å². The van der Waals surface area contributed by atoms with E-state index in [2.05, 4.69) is 20.8 Å². The zero-order valence-corrected chi connectivity index (χ0v) is 17.5. The third-order valence-electron chi connectivity index (χ3n) is 4.49. The molecule has 12 nitrogen and oxygen atoms in total. The number of ether oxygens (including phenoxy) is 1. The second kappa shape index (κ2) is 8.81. The van der Waals surface area contributed by atoms with E-state index in [-0.39, 0.29) is 11.2 Å². The van der Waals surface area contributed by atoms with Gasteiger partial charge in [0.1, 0.15) is 5.75 Å². The monoisotopic (exact) mass is 445 g/mol. The Morgan fingerprint density at radius 2 is 2.19 bits per heavy atom. The average Bonchev–Trinajstić information content (AvgIpc) is 3.13. The standard InChI is InChI=1S/C18H20N8O4S/c1-26(2,17(27)10-24(28)29)16-7-6-14(9-15(16)19)30-11-20-12-4-3-5-13(8-12)25-18(31)21-22-23-25/h3-10,20H,11,19H2,1-2H3,(H-,21,23,27,31)/p+1/b17-10-. The Balaban J connectivity index is 1.67. The first kappa shape index (κ1) is 21.7. The van der Waals surface area contributed by atoms with Gasteiger partial charge in [0, 0.05) is 17.8 Å². The second-order valence-corrected chi connectivity index (χ2v) is 7.25. The molecule has 0 radical (unpaired) electrons. The van der Waals surface area contributed by atoms with Crippen LogP contribution in [-0.4, -0.2) is 51.1 Å². The summed E-state index contributed by atoms with van der Waals surface area (Å²) in [5.74, 6) is 0.0297. The van der Waals surface area contributed by atoms with Gasteiger partial charge in [-0.2, -0.15) is 5.21 Å². The van der Waals surface area contributed by atoms with Gasteiger partial charge in [0.25, 0.3) is 0 Å². The Morgan fingerprint density at radius 1 is 1.42 bits per heavy atom. The van der Waals surface area contributed by atoms with E-state index in [9.17, 15) is 15.2 Å². The minimum Gasteiger partial charge on any atom is -0.473 e. The number of aliphatic hydroxyl groups excluding tert-OH is 1. The third-order valence-corrected chi connectivity index (χ3v) is 4.75. The number of aromatic nitrogens is 4. The predicted molar refractivity (Wildman–Crippen MR) is 118 cm³/mol. The van der Waals surface area contributed by atoms with Crippen molar-refractivity contribution in [3.05, 3.63) is 69.4 Å². The molecular weight excluding hydrogens is 424 g/mol. The Hall–Kier alpha value is -3.97. The Morgan fingerprint density at radius 3 is 2.84 bits per heavy atom. The number of hydrogen-bond donors (Lipinski definition) is 4. The van der Waals surface area contributed by atoms with Crippen LogP contribution in [0.3, 0.4) is 0 Å². The highest BCUT2D eigenvalue weighted by Crippen LogP contribution is 2.33. The number of anilines is 2. The summed E-state index contributed by atoms with van der Waals surface area (Å²) >= 11 is 5.09. The number of nitrogens with two attached hydrogens (primary N) is 1. The van der Waals surface area contributed by atoms with Gasteiger partial charge in [0.2, 0.25) is 4.77 Å². The van der Waals surface area contributed by atoms with Crippen LogP contribution in [0.1, 0.15) is 0 Å². The fraction of sp³-hybridized carbons (Fsp3) is 0.167. The van der Waals surface area contributed by atoms with E-state index in [0.717, 1.165) is 11.4 Å². The molecule has 5 N–H and O–H groups in total. The first-order valence-corrected chi connectivity index (χ1v) is 9.35. The zero-order valence-electron chi connectivity index (χ0n) is 16.7. The number of aliphatic hydroxyl groups is 1. The number of benzene rings is 2. The summed E-state index contributed by atoms with van der Waals surface area (Å²) in [7, 11) is 3.16. The molecule has 3 rings (SSSR count). The van der Waals surface area contributed by atoms with Crippen molar-refractivity contribution in [1.82, 2.24) is 24.7 Å². The molecule has 0 unspecified atom stereocenters. The van der Waals surface area contributed by atoms with E-state index in [1.807, 2.05) is 24.3 Å². The number of rotatable bonds is 8. The summed E-state index contributed by atoms with van der Waals surface area (Å²) < 4.78 is 7.27. The van der Waals surface area contributed by atoms with Crippen LogP contribution < -0.4 is 20.3 Å². The highest BCUT2D eigenvalue weighted by Gasteiger charge is 2.30. The number of aromatic amines is 1. The lowest BCUT2D eigenvalue weighted by Crippen LogP contribution is -2.40. The van der Waals surface area contributed by atoms with Crippen LogP contribution in [0.2, 0.25) is 0 Å². The average molecular weight is 445 g/mol. The van der Waals surface area contributed by atoms with Crippen molar-refractivity contribution in [2.45, 2.75) is 0 Å². The Bertz CT molecular complexity index is 1190. The van der Waals surface area contributed by atoms with Crippen LogP contribution in [0.5, 0.6) is 5.75 Å². The van der Waals surface area contributed by atoms with Gasteiger partial charge < -0.3 is 20.9 Å². The fourth-order valence-electron chi connectivity index (χ4n) is 2.82. The normalized spacial score (nSPS) is 11.9. The third kappa shape index (κ3) is 4.96. The number of nitrogens with zero attached hydrogens (tertiary/aromatic N) is 5. The number of H-pyrrole nitrogens is 1. The number of nitrogen functional groups attached to an aromatic ring is 1. The maximum atomic E-state index is 10.7. The second-order valence-electron chi connectivity index (χ2n) is 6.88. The van der Waals surface area contributed by atoms with Gasteiger partial charge >= 0.3 is 12.1 Å². The molecule has 0 amide bonds. The van der Waals surface area contributed by atoms with E-state index in [4.69, 9.17) is 22.7 Å². The van der Waals surface area contributed by atoms with Crippen LogP contribution >= 0.6 is 12.2 Å². The predicted octanol–water partition coefficient (Wildman–Crippen LogP) is 2.56. The molecule has 0 saturated carbocycles. The number of nitrogens with one attached hydrogen (secondary N) is 2. The summed E-state index contributed by atoms with van der Waals surface area (Å²) in [5.41, 5.74) is 8.43.